The molecule has 2 aromatic carbocycles. The first-order valence-electron chi connectivity index (χ1n) is 22.3. The van der Waals surface area contributed by atoms with Crippen molar-refractivity contribution in [1.82, 2.24) is 30.6 Å². The van der Waals surface area contributed by atoms with E-state index >= 15 is 8.78 Å². The summed E-state index contributed by atoms with van der Waals surface area (Å²) in [6.45, 7) is 6.07. The lowest BCUT2D eigenvalue weighted by molar-refractivity contribution is 0.247. The van der Waals surface area contributed by atoms with Gasteiger partial charge in [0.2, 0.25) is 11.8 Å². The van der Waals surface area contributed by atoms with Crippen molar-refractivity contribution in [3.05, 3.63) is 71.8 Å². The number of halogens is 2. The number of ether oxygens (including phenoxy) is 2. The number of pyridine rings is 4. The Morgan fingerprint density at radius 1 is 0.647 bits per heavy atom. The second-order valence-electron chi connectivity index (χ2n) is 17.3. The Morgan fingerprint density at radius 3 is 1.47 bits per heavy atom. The highest BCUT2D eigenvalue weighted by Gasteiger charge is 2.28. The molecule has 20 heteroatoms. The molecule has 10 N–H and O–H groups in total. The van der Waals surface area contributed by atoms with Crippen LogP contribution in [-0.4, -0.2) is 70.4 Å². The fourth-order valence-corrected chi connectivity index (χ4v) is 9.24. The van der Waals surface area contributed by atoms with Gasteiger partial charge in [0.1, 0.15) is 36.2 Å². The third-order valence-electron chi connectivity index (χ3n) is 12.9. The topological polar surface area (TPSA) is 276 Å². The summed E-state index contributed by atoms with van der Waals surface area (Å²) in [6, 6.07) is 10.3. The van der Waals surface area contributed by atoms with Crippen molar-refractivity contribution in [3.8, 4) is 46.2 Å². The zero-order valence-electron chi connectivity index (χ0n) is 37.2. The van der Waals surface area contributed by atoms with Crippen LogP contribution in [0.3, 0.4) is 0 Å². The molecule has 4 amide bonds. The lowest BCUT2D eigenvalue weighted by atomic mass is 9.97. The largest absolute Gasteiger partial charge is 0.474 e. The predicted octanol–water partition coefficient (Wildman–Crippen LogP) is 7.89. The molecule has 0 spiro atoms. The number of anilines is 6. The van der Waals surface area contributed by atoms with Crippen LogP contribution < -0.4 is 52.8 Å². The van der Waals surface area contributed by atoms with E-state index in [0.29, 0.717) is 106 Å². The molecule has 4 atom stereocenters. The van der Waals surface area contributed by atoms with Gasteiger partial charge in [-0.2, -0.15) is 10.5 Å². The van der Waals surface area contributed by atoms with Crippen LogP contribution in [0.1, 0.15) is 49.7 Å². The third-order valence-corrected chi connectivity index (χ3v) is 12.9. The summed E-state index contributed by atoms with van der Waals surface area (Å²) in [5.74, 6) is 0.454. The number of amides is 4. The molecule has 6 aromatic rings. The van der Waals surface area contributed by atoms with Gasteiger partial charge in [-0.25, -0.2) is 38.3 Å². The number of fused-ring (bicyclic) bond motifs is 4. The molecule has 10 rings (SSSR count). The van der Waals surface area contributed by atoms with Crippen molar-refractivity contribution >= 4 is 68.0 Å². The van der Waals surface area contributed by atoms with E-state index in [1.807, 2.05) is 13.8 Å². The van der Waals surface area contributed by atoms with E-state index in [-0.39, 0.29) is 35.3 Å². The molecule has 2 aliphatic heterocycles. The highest BCUT2D eigenvalue weighted by Crippen LogP contribution is 2.41. The number of carbonyl (C=O) groups is 2. The minimum absolute atomic E-state index is 0.0224. The number of carbonyl (C=O) groups excluding carboxylic acids is 2. The molecule has 4 aromatic heterocycles. The van der Waals surface area contributed by atoms with Gasteiger partial charge in [-0.3, -0.25) is 10.6 Å². The van der Waals surface area contributed by atoms with Gasteiger partial charge in [0, 0.05) is 94.8 Å². The maximum Gasteiger partial charge on any atom is 0.320 e. The average Bonchev–Trinajstić information content (AvgIpc) is 4.01. The molecule has 0 saturated heterocycles. The molecular formula is C48H48F2N14O4. The zero-order valence-corrected chi connectivity index (χ0v) is 37.2. The minimum Gasteiger partial charge on any atom is -0.474 e. The van der Waals surface area contributed by atoms with E-state index in [0.717, 1.165) is 48.2 Å². The summed E-state index contributed by atoms with van der Waals surface area (Å²) in [4.78, 5) is 42.0. The van der Waals surface area contributed by atoms with Crippen LogP contribution in [0.2, 0.25) is 0 Å². The lowest BCUT2D eigenvalue weighted by Crippen LogP contribution is -2.36. The van der Waals surface area contributed by atoms with Crippen LogP contribution in [0.25, 0.3) is 43.8 Å². The van der Waals surface area contributed by atoms with Gasteiger partial charge in [0.25, 0.3) is 0 Å². The van der Waals surface area contributed by atoms with Crippen molar-refractivity contribution in [1.29, 1.82) is 10.5 Å². The number of nitrogens with zero attached hydrogens (tertiary/aromatic N) is 6. The predicted molar refractivity (Wildman–Crippen MR) is 254 cm³/mol. The number of hydrogen-bond donors (Lipinski definition) is 8. The van der Waals surface area contributed by atoms with E-state index < -0.39 is 23.7 Å². The first-order chi connectivity index (χ1) is 32.9. The molecule has 0 unspecified atom stereocenters. The fourth-order valence-electron chi connectivity index (χ4n) is 9.24. The number of nitriles is 2. The van der Waals surface area contributed by atoms with Crippen molar-refractivity contribution < 1.29 is 27.8 Å². The molecule has 6 heterocycles. The van der Waals surface area contributed by atoms with Gasteiger partial charge in [-0.05, 0) is 98.5 Å². The molecule has 2 fully saturated rings. The van der Waals surface area contributed by atoms with Crippen LogP contribution in [0.4, 0.5) is 52.8 Å². The van der Waals surface area contributed by atoms with Gasteiger partial charge >= 0.3 is 12.1 Å². The van der Waals surface area contributed by atoms with Crippen molar-refractivity contribution in [3.63, 3.8) is 0 Å². The normalized spacial score (nSPS) is 19.0. The molecule has 2 saturated carbocycles. The van der Waals surface area contributed by atoms with Gasteiger partial charge < -0.3 is 42.2 Å². The number of urea groups is 2. The molecule has 68 heavy (non-hydrogen) atoms. The Bertz CT molecular complexity index is 2880. The van der Waals surface area contributed by atoms with Crippen LogP contribution in [0.15, 0.2) is 49.1 Å². The van der Waals surface area contributed by atoms with Gasteiger partial charge in [-0.1, -0.05) is 0 Å². The number of aromatic nitrogens is 4. The van der Waals surface area contributed by atoms with Gasteiger partial charge in [-0.15, -0.1) is 0 Å². The Balaban J connectivity index is 0.000000170. The van der Waals surface area contributed by atoms with Crippen molar-refractivity contribution in [2.24, 2.45) is 11.8 Å². The van der Waals surface area contributed by atoms with Crippen LogP contribution in [0, 0.1) is 60.0 Å². The van der Waals surface area contributed by atoms with E-state index in [1.54, 1.807) is 36.7 Å². The second-order valence-corrected chi connectivity index (χ2v) is 17.3. The maximum absolute atomic E-state index is 15.3. The molecule has 0 bridgehead atoms. The Hall–Kier alpha value is -8.26. The summed E-state index contributed by atoms with van der Waals surface area (Å²) < 4.78 is 41.7. The minimum atomic E-state index is -0.553. The molecule has 2 aliphatic carbocycles. The van der Waals surface area contributed by atoms with E-state index in [9.17, 15) is 9.59 Å². The Morgan fingerprint density at radius 2 is 1.07 bits per heavy atom. The summed E-state index contributed by atoms with van der Waals surface area (Å²) in [5.41, 5.74) is 17.1. The highest BCUT2D eigenvalue weighted by atomic mass is 19.1. The standard InChI is InChI=1S/2C24H24FN7O2/c2*1-12-17(10-30-23-22(12)28-4-5-34-23)16-7-14-8-19(29-11-18(14)21(27)20(16)25)32-24(33)31-15-3-2-13(6-15)9-26/h2*7-8,10-11,13,15,28H,2-6,27H2,1H3,(H2,29,31,32,33)/t2*13-,15+/m10/s1. The fraction of sp³-hybridized carbons (Fsp3) is 0.333. The molecule has 0 radical (unpaired) electrons. The summed E-state index contributed by atoms with van der Waals surface area (Å²) >= 11 is 0. The number of benzene rings is 2. The highest BCUT2D eigenvalue weighted by molar-refractivity contribution is 6.01. The summed E-state index contributed by atoms with van der Waals surface area (Å²) in [7, 11) is 0. The maximum atomic E-state index is 15.3. The van der Waals surface area contributed by atoms with Crippen LogP contribution >= 0.6 is 0 Å². The van der Waals surface area contributed by atoms with Crippen molar-refractivity contribution in [2.75, 3.05) is 59.0 Å². The van der Waals surface area contributed by atoms with Crippen molar-refractivity contribution in [2.45, 2.75) is 64.5 Å². The summed E-state index contributed by atoms with van der Waals surface area (Å²) in [6.07, 6.45) is 10.4. The number of hydrogen-bond acceptors (Lipinski definition) is 14. The van der Waals surface area contributed by atoms with E-state index in [2.05, 4.69) is 64.0 Å². The molecular weight excluding hydrogens is 875 g/mol. The Labute approximate surface area is 389 Å². The third kappa shape index (κ3) is 9.00. The summed E-state index contributed by atoms with van der Waals surface area (Å²) in [5, 5.41) is 37.9. The monoisotopic (exact) mass is 922 g/mol. The molecule has 18 nitrogen and oxygen atoms in total. The van der Waals surface area contributed by atoms with Gasteiger partial charge in [0.15, 0.2) is 11.6 Å². The smallest absolute Gasteiger partial charge is 0.320 e. The number of rotatable bonds is 6. The number of nitrogen functional groups attached to an aromatic ring is 2. The average molecular weight is 923 g/mol. The van der Waals surface area contributed by atoms with Gasteiger partial charge in [0.05, 0.1) is 23.5 Å². The zero-order chi connectivity index (χ0) is 47.6. The first kappa shape index (κ1) is 44.9. The SMILES string of the molecule is Cc1c(-c2cc3cc(NC(=O)N[C@@H]4CC[C@H](C#N)C4)ncc3c(N)c2F)cnc2c1NCCO2.Cc1c(-c2cc3cc(NC(=O)N[C@H]4CC[C@@H](C#N)C4)ncc3c(N)c2F)cnc2c1NCCO2. The van der Waals surface area contributed by atoms with E-state index in [1.165, 1.54) is 12.4 Å². The number of nitrogens with one attached hydrogen (secondary N) is 6. The van der Waals surface area contributed by atoms with E-state index in [4.69, 9.17) is 31.5 Å². The number of nitrogens with two attached hydrogens (primary N) is 2. The lowest BCUT2D eigenvalue weighted by Gasteiger charge is -2.22. The quantitative estimate of drug-likeness (QED) is 0.0738. The molecule has 4 aliphatic rings. The van der Waals surface area contributed by atoms with Crippen LogP contribution in [-0.2, 0) is 0 Å². The Kier molecular flexibility index (Phi) is 12.5. The molecule has 348 valence electrons. The first-order valence-corrected chi connectivity index (χ1v) is 22.3. The van der Waals surface area contributed by atoms with Crippen LogP contribution in [0.5, 0.6) is 11.8 Å². The second kappa shape index (κ2) is 18.9.